The van der Waals surface area contributed by atoms with Gasteiger partial charge in [0.2, 0.25) is 0 Å². The Hall–Kier alpha value is -0.640. The molecular formula is C17H28BrN3. The average molecular weight is 354 g/mol. The summed E-state index contributed by atoms with van der Waals surface area (Å²) in [6.07, 6.45) is 6.83. The van der Waals surface area contributed by atoms with E-state index in [4.69, 9.17) is 0 Å². The number of hydrogen-bond donors (Lipinski definition) is 1. The molecule has 0 atom stereocenters. The molecule has 0 spiro atoms. The molecule has 0 saturated heterocycles. The highest BCUT2D eigenvalue weighted by Gasteiger charge is 2.21. The van der Waals surface area contributed by atoms with Crippen molar-refractivity contribution in [2.75, 3.05) is 11.9 Å². The summed E-state index contributed by atoms with van der Waals surface area (Å²) in [6, 6.07) is 1.98. The number of nitrogens with one attached hydrogen (secondary N) is 1. The van der Waals surface area contributed by atoms with Crippen molar-refractivity contribution in [3.05, 3.63) is 16.5 Å². The molecule has 1 aliphatic rings. The van der Waals surface area contributed by atoms with Crippen LogP contribution in [0.3, 0.4) is 0 Å². The predicted molar refractivity (Wildman–Crippen MR) is 92.7 cm³/mol. The zero-order valence-corrected chi connectivity index (χ0v) is 15.3. The van der Waals surface area contributed by atoms with E-state index in [0.717, 1.165) is 34.6 Å². The van der Waals surface area contributed by atoms with E-state index in [2.05, 4.69) is 58.9 Å². The lowest BCUT2D eigenvalue weighted by molar-refractivity contribution is 0.278. The maximum Gasteiger partial charge on any atom is 0.137 e. The first-order valence-electron chi connectivity index (χ1n) is 8.17. The standard InChI is InChI=1S/C17H28BrN3/c1-5-12-6-8-13(9-7-12)11-19-15-10-14(18)20-16(21-15)17(2,3)4/h10,12-13H,5-9,11H2,1-4H3,(H,19,20,21). The second-order valence-electron chi connectivity index (χ2n) is 7.33. The van der Waals surface area contributed by atoms with Gasteiger partial charge in [-0.1, -0.05) is 47.0 Å². The Morgan fingerprint density at radius 2 is 1.76 bits per heavy atom. The molecule has 0 aromatic carbocycles. The third-order valence-corrected chi connectivity index (χ3v) is 4.89. The highest BCUT2D eigenvalue weighted by Crippen LogP contribution is 2.31. The van der Waals surface area contributed by atoms with E-state index in [1.807, 2.05) is 6.07 Å². The fourth-order valence-electron chi connectivity index (χ4n) is 2.94. The molecule has 1 aromatic heterocycles. The quantitative estimate of drug-likeness (QED) is 0.759. The molecule has 1 aromatic rings. The zero-order valence-electron chi connectivity index (χ0n) is 13.7. The molecule has 0 aliphatic heterocycles. The minimum atomic E-state index is -0.0284. The van der Waals surface area contributed by atoms with Gasteiger partial charge >= 0.3 is 0 Å². The van der Waals surface area contributed by atoms with Crippen LogP contribution in [0.1, 0.15) is 65.6 Å². The molecule has 1 saturated carbocycles. The van der Waals surface area contributed by atoms with Gasteiger partial charge in [0.1, 0.15) is 16.2 Å². The third kappa shape index (κ3) is 4.94. The Morgan fingerprint density at radius 3 is 2.33 bits per heavy atom. The largest absolute Gasteiger partial charge is 0.370 e. The third-order valence-electron chi connectivity index (χ3n) is 4.48. The maximum absolute atomic E-state index is 4.67. The van der Waals surface area contributed by atoms with E-state index in [1.54, 1.807) is 0 Å². The lowest BCUT2D eigenvalue weighted by Gasteiger charge is -2.28. The summed E-state index contributed by atoms with van der Waals surface area (Å²) in [4.78, 5) is 9.15. The van der Waals surface area contributed by atoms with Crippen LogP contribution in [-0.4, -0.2) is 16.5 Å². The molecule has 21 heavy (non-hydrogen) atoms. The predicted octanol–water partition coefficient (Wildman–Crippen LogP) is 5.16. The molecule has 0 radical (unpaired) electrons. The van der Waals surface area contributed by atoms with Crippen molar-refractivity contribution in [2.24, 2.45) is 11.8 Å². The van der Waals surface area contributed by atoms with Crippen LogP contribution in [-0.2, 0) is 5.41 Å². The number of rotatable bonds is 4. The van der Waals surface area contributed by atoms with Crippen LogP contribution < -0.4 is 5.32 Å². The van der Waals surface area contributed by atoms with Crippen molar-refractivity contribution in [1.82, 2.24) is 9.97 Å². The molecule has 2 rings (SSSR count). The Kier molecular flexibility index (Phi) is 5.64. The number of aromatic nitrogens is 2. The van der Waals surface area contributed by atoms with Crippen molar-refractivity contribution >= 4 is 21.7 Å². The molecule has 1 heterocycles. The van der Waals surface area contributed by atoms with E-state index in [9.17, 15) is 0 Å². The normalized spacial score (nSPS) is 23.1. The molecule has 0 amide bonds. The molecule has 1 fully saturated rings. The summed E-state index contributed by atoms with van der Waals surface area (Å²) in [6.45, 7) is 9.78. The van der Waals surface area contributed by atoms with Crippen LogP contribution in [0.15, 0.2) is 10.7 Å². The highest BCUT2D eigenvalue weighted by molar-refractivity contribution is 9.10. The minimum absolute atomic E-state index is 0.0284. The van der Waals surface area contributed by atoms with Crippen LogP contribution in [0.5, 0.6) is 0 Å². The maximum atomic E-state index is 4.67. The number of halogens is 1. The summed E-state index contributed by atoms with van der Waals surface area (Å²) in [5.41, 5.74) is -0.0284. The van der Waals surface area contributed by atoms with Crippen molar-refractivity contribution in [1.29, 1.82) is 0 Å². The second-order valence-corrected chi connectivity index (χ2v) is 8.14. The van der Waals surface area contributed by atoms with Gasteiger partial charge in [0.05, 0.1) is 0 Å². The molecule has 118 valence electrons. The van der Waals surface area contributed by atoms with Gasteiger partial charge in [0, 0.05) is 18.0 Å². The van der Waals surface area contributed by atoms with Crippen molar-refractivity contribution in [3.63, 3.8) is 0 Å². The van der Waals surface area contributed by atoms with Gasteiger partial charge in [-0.25, -0.2) is 9.97 Å². The molecule has 1 N–H and O–H groups in total. The Morgan fingerprint density at radius 1 is 1.14 bits per heavy atom. The van der Waals surface area contributed by atoms with Gasteiger partial charge in [-0.15, -0.1) is 0 Å². The number of anilines is 1. The van der Waals surface area contributed by atoms with Crippen molar-refractivity contribution in [3.8, 4) is 0 Å². The van der Waals surface area contributed by atoms with E-state index in [0.29, 0.717) is 0 Å². The van der Waals surface area contributed by atoms with Gasteiger partial charge in [-0.2, -0.15) is 0 Å². The van der Waals surface area contributed by atoms with Gasteiger partial charge in [-0.3, -0.25) is 0 Å². The smallest absolute Gasteiger partial charge is 0.137 e. The molecule has 4 heteroatoms. The summed E-state index contributed by atoms with van der Waals surface area (Å²) < 4.78 is 0.861. The monoisotopic (exact) mass is 353 g/mol. The first-order chi connectivity index (χ1) is 9.88. The lowest BCUT2D eigenvalue weighted by Crippen LogP contribution is -2.22. The summed E-state index contributed by atoms with van der Waals surface area (Å²) in [5, 5.41) is 3.52. The van der Waals surface area contributed by atoms with Crippen LogP contribution in [0, 0.1) is 11.8 Å². The fraction of sp³-hybridized carbons (Fsp3) is 0.765. The van der Waals surface area contributed by atoms with Gasteiger partial charge in [0.15, 0.2) is 0 Å². The Labute approximate surface area is 137 Å². The molecule has 1 aliphatic carbocycles. The fourth-order valence-corrected chi connectivity index (χ4v) is 3.32. The van der Waals surface area contributed by atoms with E-state index < -0.39 is 0 Å². The van der Waals surface area contributed by atoms with Crippen LogP contribution in [0.4, 0.5) is 5.82 Å². The summed E-state index contributed by atoms with van der Waals surface area (Å²) in [7, 11) is 0. The number of nitrogens with zero attached hydrogens (tertiary/aromatic N) is 2. The average Bonchev–Trinajstić information content (AvgIpc) is 2.44. The molecule has 0 unspecified atom stereocenters. The number of hydrogen-bond acceptors (Lipinski definition) is 3. The van der Waals surface area contributed by atoms with E-state index in [-0.39, 0.29) is 5.41 Å². The second kappa shape index (κ2) is 7.08. The van der Waals surface area contributed by atoms with Gasteiger partial charge in [-0.05, 0) is 40.6 Å². The Bertz CT molecular complexity index is 460. The van der Waals surface area contributed by atoms with E-state index in [1.165, 1.54) is 32.1 Å². The first kappa shape index (κ1) is 16.7. The zero-order chi connectivity index (χ0) is 15.5. The van der Waals surface area contributed by atoms with E-state index >= 15 is 0 Å². The summed E-state index contributed by atoms with van der Waals surface area (Å²) in [5.74, 6) is 3.58. The lowest BCUT2D eigenvalue weighted by atomic mass is 9.81. The molecule has 3 nitrogen and oxygen atoms in total. The van der Waals surface area contributed by atoms with Gasteiger partial charge < -0.3 is 5.32 Å². The van der Waals surface area contributed by atoms with Crippen molar-refractivity contribution < 1.29 is 0 Å². The first-order valence-corrected chi connectivity index (χ1v) is 8.96. The Balaban J connectivity index is 1.93. The summed E-state index contributed by atoms with van der Waals surface area (Å²) >= 11 is 3.50. The van der Waals surface area contributed by atoms with Gasteiger partial charge in [0.25, 0.3) is 0 Å². The van der Waals surface area contributed by atoms with Crippen LogP contribution in [0.25, 0.3) is 0 Å². The van der Waals surface area contributed by atoms with Crippen molar-refractivity contribution in [2.45, 2.75) is 65.2 Å². The topological polar surface area (TPSA) is 37.8 Å². The van der Waals surface area contributed by atoms with Crippen LogP contribution in [0.2, 0.25) is 0 Å². The molecular weight excluding hydrogens is 326 g/mol. The SMILES string of the molecule is CCC1CCC(CNc2cc(Br)nc(C(C)(C)C)n2)CC1. The minimum Gasteiger partial charge on any atom is -0.370 e. The molecule has 0 bridgehead atoms. The van der Waals surface area contributed by atoms with Crippen LogP contribution >= 0.6 is 15.9 Å². The highest BCUT2D eigenvalue weighted by atomic mass is 79.9.